The summed E-state index contributed by atoms with van der Waals surface area (Å²) in [6, 6.07) is 13.2. The summed E-state index contributed by atoms with van der Waals surface area (Å²) in [6.07, 6.45) is 0.950. The average molecular weight is 388 g/mol. The quantitative estimate of drug-likeness (QED) is 0.702. The summed E-state index contributed by atoms with van der Waals surface area (Å²) in [4.78, 5) is 17.2. The van der Waals surface area contributed by atoms with Gasteiger partial charge in [0.2, 0.25) is 5.95 Å². The standard InChI is InChI=1S/C18H18BrN3O2/c1-3-10-22-16-7-5-4-6-15(16)20-18(22)21-17(23)13-11-12(24-2)8-9-14(13)19/h4-9,11H,3,10H2,1-2H3,(H,20,21,23). The van der Waals surface area contributed by atoms with Gasteiger partial charge in [0, 0.05) is 11.0 Å². The van der Waals surface area contributed by atoms with Gasteiger partial charge in [0.05, 0.1) is 23.7 Å². The van der Waals surface area contributed by atoms with Gasteiger partial charge in [-0.05, 0) is 52.7 Å². The van der Waals surface area contributed by atoms with Crippen LogP contribution in [0.4, 0.5) is 5.95 Å². The Kier molecular flexibility index (Phi) is 4.85. The third-order valence-electron chi connectivity index (χ3n) is 3.75. The second-order valence-electron chi connectivity index (χ2n) is 5.38. The van der Waals surface area contributed by atoms with Gasteiger partial charge in [-0.15, -0.1) is 0 Å². The van der Waals surface area contributed by atoms with Crippen molar-refractivity contribution in [3.63, 3.8) is 0 Å². The number of halogens is 1. The van der Waals surface area contributed by atoms with E-state index >= 15 is 0 Å². The molecule has 0 spiro atoms. The fourth-order valence-electron chi connectivity index (χ4n) is 2.60. The number of hydrogen-bond acceptors (Lipinski definition) is 3. The van der Waals surface area contributed by atoms with Crippen LogP contribution in [0.3, 0.4) is 0 Å². The van der Waals surface area contributed by atoms with Gasteiger partial charge in [-0.25, -0.2) is 4.98 Å². The highest BCUT2D eigenvalue weighted by Gasteiger charge is 2.16. The second kappa shape index (κ2) is 7.05. The minimum atomic E-state index is -0.228. The second-order valence-corrected chi connectivity index (χ2v) is 6.23. The molecule has 0 bridgehead atoms. The van der Waals surface area contributed by atoms with E-state index in [0.717, 1.165) is 24.0 Å². The van der Waals surface area contributed by atoms with Crippen LogP contribution in [0.2, 0.25) is 0 Å². The molecular formula is C18H18BrN3O2. The van der Waals surface area contributed by atoms with Crippen LogP contribution in [-0.4, -0.2) is 22.6 Å². The van der Waals surface area contributed by atoms with E-state index in [9.17, 15) is 4.79 Å². The topological polar surface area (TPSA) is 56.2 Å². The van der Waals surface area contributed by atoms with Crippen LogP contribution in [0.5, 0.6) is 5.75 Å². The van der Waals surface area contributed by atoms with E-state index < -0.39 is 0 Å². The first-order valence-electron chi connectivity index (χ1n) is 7.74. The van der Waals surface area contributed by atoms with Crippen LogP contribution in [-0.2, 0) is 6.54 Å². The molecule has 5 nitrogen and oxygen atoms in total. The smallest absolute Gasteiger partial charge is 0.259 e. The number of amides is 1. The maximum Gasteiger partial charge on any atom is 0.259 e. The minimum absolute atomic E-state index is 0.228. The lowest BCUT2D eigenvalue weighted by Gasteiger charge is -2.10. The van der Waals surface area contributed by atoms with Crippen LogP contribution < -0.4 is 10.1 Å². The molecular weight excluding hydrogens is 370 g/mol. The summed E-state index contributed by atoms with van der Waals surface area (Å²) >= 11 is 3.41. The first kappa shape index (κ1) is 16.5. The van der Waals surface area contributed by atoms with Crippen molar-refractivity contribution in [3.05, 3.63) is 52.5 Å². The maximum absolute atomic E-state index is 12.7. The van der Waals surface area contributed by atoms with E-state index in [4.69, 9.17) is 4.74 Å². The summed E-state index contributed by atoms with van der Waals surface area (Å²) in [6.45, 7) is 2.88. The predicted octanol–water partition coefficient (Wildman–Crippen LogP) is 4.47. The molecule has 1 aromatic heterocycles. The predicted molar refractivity (Wildman–Crippen MR) is 98.7 cm³/mol. The van der Waals surface area contributed by atoms with Gasteiger partial charge in [0.1, 0.15) is 5.75 Å². The molecule has 2 aromatic carbocycles. The number of ether oxygens (including phenoxy) is 1. The zero-order valence-electron chi connectivity index (χ0n) is 13.5. The summed E-state index contributed by atoms with van der Waals surface area (Å²) in [7, 11) is 1.57. The number of anilines is 1. The molecule has 0 aliphatic heterocycles. The number of nitrogens with one attached hydrogen (secondary N) is 1. The Morgan fingerprint density at radius 2 is 2.08 bits per heavy atom. The molecule has 1 amide bonds. The number of imidazole rings is 1. The van der Waals surface area contributed by atoms with Gasteiger partial charge in [-0.2, -0.15) is 0 Å². The lowest BCUT2D eigenvalue weighted by molar-refractivity contribution is 0.102. The molecule has 0 aliphatic rings. The number of aromatic nitrogens is 2. The van der Waals surface area contributed by atoms with E-state index in [1.807, 2.05) is 28.8 Å². The SMILES string of the molecule is CCCn1c(NC(=O)c2cc(OC)ccc2Br)nc2ccccc21. The molecule has 0 atom stereocenters. The zero-order chi connectivity index (χ0) is 17.1. The molecule has 3 aromatic rings. The molecule has 124 valence electrons. The molecule has 1 heterocycles. The van der Waals surface area contributed by atoms with Crippen molar-refractivity contribution in [2.75, 3.05) is 12.4 Å². The Hall–Kier alpha value is -2.34. The van der Waals surface area contributed by atoms with Crippen molar-refractivity contribution in [3.8, 4) is 5.75 Å². The summed E-state index contributed by atoms with van der Waals surface area (Å²) in [5.74, 6) is 0.955. The molecule has 0 radical (unpaired) electrons. The van der Waals surface area contributed by atoms with Crippen molar-refractivity contribution in [1.29, 1.82) is 0 Å². The number of para-hydroxylation sites is 2. The third-order valence-corrected chi connectivity index (χ3v) is 4.44. The largest absolute Gasteiger partial charge is 0.497 e. The van der Waals surface area contributed by atoms with Gasteiger partial charge >= 0.3 is 0 Å². The molecule has 6 heteroatoms. The van der Waals surface area contributed by atoms with Crippen LogP contribution in [0.1, 0.15) is 23.7 Å². The molecule has 0 fully saturated rings. The first-order valence-corrected chi connectivity index (χ1v) is 8.53. The maximum atomic E-state index is 12.7. The number of carbonyl (C=O) groups excluding carboxylic acids is 1. The molecule has 1 N–H and O–H groups in total. The van der Waals surface area contributed by atoms with Crippen LogP contribution in [0.15, 0.2) is 46.9 Å². The molecule has 0 unspecified atom stereocenters. The molecule has 0 aliphatic carbocycles. The van der Waals surface area contributed by atoms with E-state index in [1.165, 1.54) is 0 Å². The lowest BCUT2D eigenvalue weighted by Crippen LogP contribution is -2.16. The minimum Gasteiger partial charge on any atom is -0.497 e. The van der Waals surface area contributed by atoms with Gasteiger partial charge in [0.15, 0.2) is 0 Å². The number of rotatable bonds is 5. The van der Waals surface area contributed by atoms with Crippen LogP contribution >= 0.6 is 15.9 Å². The van der Waals surface area contributed by atoms with E-state index in [1.54, 1.807) is 25.3 Å². The lowest BCUT2D eigenvalue weighted by atomic mass is 10.2. The third kappa shape index (κ3) is 3.14. The highest BCUT2D eigenvalue weighted by Crippen LogP contribution is 2.25. The van der Waals surface area contributed by atoms with E-state index in [2.05, 4.69) is 33.2 Å². The number of aryl methyl sites for hydroxylation is 1. The van der Waals surface area contributed by atoms with Crippen molar-refractivity contribution in [1.82, 2.24) is 9.55 Å². The molecule has 3 rings (SSSR count). The fraction of sp³-hybridized carbons (Fsp3) is 0.222. The van der Waals surface area contributed by atoms with Crippen molar-refractivity contribution >= 4 is 38.8 Å². The summed E-state index contributed by atoms with van der Waals surface area (Å²) < 4.78 is 7.94. The van der Waals surface area contributed by atoms with Crippen LogP contribution in [0, 0.1) is 0 Å². The normalized spacial score (nSPS) is 10.8. The summed E-state index contributed by atoms with van der Waals surface area (Å²) in [5, 5.41) is 2.92. The van der Waals surface area contributed by atoms with E-state index in [-0.39, 0.29) is 5.91 Å². The molecule has 0 saturated carbocycles. The Morgan fingerprint density at radius 1 is 1.29 bits per heavy atom. The monoisotopic (exact) mass is 387 g/mol. The highest BCUT2D eigenvalue weighted by atomic mass is 79.9. The summed E-state index contributed by atoms with van der Waals surface area (Å²) in [5.41, 5.74) is 2.38. The number of nitrogens with zero attached hydrogens (tertiary/aromatic N) is 2. The zero-order valence-corrected chi connectivity index (χ0v) is 15.1. The van der Waals surface area contributed by atoms with Crippen molar-refractivity contribution in [2.24, 2.45) is 0 Å². The Bertz CT molecular complexity index is 889. The van der Waals surface area contributed by atoms with Crippen LogP contribution in [0.25, 0.3) is 11.0 Å². The number of fused-ring (bicyclic) bond motifs is 1. The van der Waals surface area contributed by atoms with Gasteiger partial charge in [-0.3, -0.25) is 10.1 Å². The number of benzene rings is 2. The van der Waals surface area contributed by atoms with Crippen molar-refractivity contribution < 1.29 is 9.53 Å². The van der Waals surface area contributed by atoms with Gasteiger partial charge in [-0.1, -0.05) is 19.1 Å². The molecule has 0 saturated heterocycles. The number of hydrogen-bond donors (Lipinski definition) is 1. The average Bonchev–Trinajstić information content (AvgIpc) is 2.93. The number of carbonyl (C=O) groups is 1. The van der Waals surface area contributed by atoms with Crippen molar-refractivity contribution in [2.45, 2.75) is 19.9 Å². The fourth-order valence-corrected chi connectivity index (χ4v) is 3.02. The molecule has 24 heavy (non-hydrogen) atoms. The highest BCUT2D eigenvalue weighted by molar-refractivity contribution is 9.10. The Morgan fingerprint density at radius 3 is 2.83 bits per heavy atom. The number of methoxy groups -OCH3 is 1. The van der Waals surface area contributed by atoms with Gasteiger partial charge in [0.25, 0.3) is 5.91 Å². The van der Waals surface area contributed by atoms with Gasteiger partial charge < -0.3 is 9.30 Å². The van der Waals surface area contributed by atoms with E-state index in [0.29, 0.717) is 21.7 Å². The Labute approximate surface area is 148 Å². The first-order chi connectivity index (χ1) is 11.6. The Balaban J connectivity index is 1.97.